The predicted octanol–water partition coefficient (Wildman–Crippen LogP) is 0.524. The summed E-state index contributed by atoms with van der Waals surface area (Å²) in [5, 5.41) is 0. The number of ether oxygens (including phenoxy) is 1. The molecule has 0 unspecified atom stereocenters. The molecule has 14 heavy (non-hydrogen) atoms. The molecule has 0 spiro atoms. The summed E-state index contributed by atoms with van der Waals surface area (Å²) in [4.78, 5) is 15.8. The molecule has 0 atom stereocenters. The molecule has 0 saturated carbocycles. The topological polar surface area (TPSA) is 48.5 Å². The van der Waals surface area contributed by atoms with Crippen molar-refractivity contribution in [3.05, 3.63) is 28.9 Å². The van der Waals surface area contributed by atoms with Gasteiger partial charge in [0.15, 0.2) is 0 Å². The highest BCUT2D eigenvalue weighted by Gasteiger charge is 2.07. The second kappa shape index (κ2) is 3.17. The number of methoxy groups -OCH3 is 1. The molecule has 0 fully saturated rings. The first kappa shape index (κ1) is 8.80. The summed E-state index contributed by atoms with van der Waals surface area (Å²) in [6.07, 6.45) is 3.24. The lowest BCUT2D eigenvalue weighted by molar-refractivity contribution is 0.365. The smallest absolute Gasteiger partial charge is 0.336 e. The van der Waals surface area contributed by atoms with Gasteiger partial charge in [-0.25, -0.2) is 9.78 Å². The highest BCUT2D eigenvalue weighted by atomic mass is 16.5. The van der Waals surface area contributed by atoms with Crippen LogP contribution >= 0.6 is 0 Å². The van der Waals surface area contributed by atoms with Gasteiger partial charge in [0.25, 0.3) is 0 Å². The molecule has 0 aromatic carbocycles. The maximum atomic E-state index is 11.8. The lowest BCUT2D eigenvalue weighted by atomic mass is 10.5. The van der Waals surface area contributed by atoms with Crippen molar-refractivity contribution in [1.29, 1.82) is 0 Å². The maximum Gasteiger partial charge on any atom is 0.336 e. The number of nitrogens with zero attached hydrogens (tertiary/aromatic N) is 3. The second-order valence-corrected chi connectivity index (χ2v) is 2.87. The van der Waals surface area contributed by atoms with E-state index in [2.05, 4.69) is 4.98 Å². The standard InChI is InChI=1S/C9H11N3O2/c1-3-11-8(14-2)6-7-10-4-5-12(7)9(11)13/h4-6H,3H2,1-2H3. The summed E-state index contributed by atoms with van der Waals surface area (Å²) in [6, 6.07) is 1.74. The van der Waals surface area contributed by atoms with E-state index in [0.717, 1.165) is 0 Å². The highest BCUT2D eigenvalue weighted by Crippen LogP contribution is 2.09. The van der Waals surface area contributed by atoms with E-state index in [9.17, 15) is 4.79 Å². The van der Waals surface area contributed by atoms with E-state index in [1.807, 2.05) is 6.92 Å². The Hall–Kier alpha value is -1.78. The van der Waals surface area contributed by atoms with Crippen LogP contribution in [0.3, 0.4) is 0 Å². The molecule has 0 N–H and O–H groups in total. The average molecular weight is 193 g/mol. The van der Waals surface area contributed by atoms with Crippen molar-refractivity contribution in [1.82, 2.24) is 14.0 Å². The summed E-state index contributed by atoms with van der Waals surface area (Å²) in [7, 11) is 1.54. The molecule has 0 aliphatic heterocycles. The molecule has 2 aromatic heterocycles. The van der Waals surface area contributed by atoms with Crippen molar-refractivity contribution < 1.29 is 4.74 Å². The molecule has 74 valence electrons. The third-order valence-electron chi connectivity index (χ3n) is 2.15. The van der Waals surface area contributed by atoms with Gasteiger partial charge < -0.3 is 4.74 Å². The van der Waals surface area contributed by atoms with Crippen LogP contribution in [0.2, 0.25) is 0 Å². The van der Waals surface area contributed by atoms with Crippen LogP contribution in [0.25, 0.3) is 5.65 Å². The van der Waals surface area contributed by atoms with E-state index >= 15 is 0 Å². The van der Waals surface area contributed by atoms with Crippen LogP contribution in [0.15, 0.2) is 23.3 Å². The first-order valence-electron chi connectivity index (χ1n) is 4.38. The van der Waals surface area contributed by atoms with Crippen LogP contribution < -0.4 is 10.4 Å². The molecule has 0 saturated heterocycles. The van der Waals surface area contributed by atoms with E-state index in [1.165, 1.54) is 4.40 Å². The fourth-order valence-corrected chi connectivity index (χ4v) is 1.46. The SMILES string of the molecule is CCn1c(OC)cc2nccn2c1=O. The van der Waals surface area contributed by atoms with Crippen LogP contribution in [0.1, 0.15) is 6.92 Å². The predicted molar refractivity (Wildman–Crippen MR) is 51.7 cm³/mol. The lowest BCUT2D eigenvalue weighted by Gasteiger charge is -2.09. The Morgan fingerprint density at radius 2 is 2.36 bits per heavy atom. The molecule has 0 radical (unpaired) electrons. The molecular weight excluding hydrogens is 182 g/mol. The molecule has 0 bridgehead atoms. The Bertz CT molecular complexity index is 512. The van der Waals surface area contributed by atoms with Gasteiger partial charge >= 0.3 is 5.69 Å². The van der Waals surface area contributed by atoms with Gasteiger partial charge in [-0.3, -0.25) is 8.97 Å². The molecule has 2 heterocycles. The van der Waals surface area contributed by atoms with Crippen molar-refractivity contribution in [3.8, 4) is 5.88 Å². The maximum absolute atomic E-state index is 11.8. The molecule has 5 nitrogen and oxygen atoms in total. The second-order valence-electron chi connectivity index (χ2n) is 2.87. The number of aromatic nitrogens is 3. The normalized spacial score (nSPS) is 10.7. The summed E-state index contributed by atoms with van der Waals surface area (Å²) in [6.45, 7) is 2.48. The summed E-state index contributed by atoms with van der Waals surface area (Å²) < 4.78 is 8.15. The van der Waals surface area contributed by atoms with Gasteiger partial charge in [-0.05, 0) is 6.92 Å². The highest BCUT2D eigenvalue weighted by molar-refractivity contribution is 5.41. The zero-order chi connectivity index (χ0) is 10.1. The molecule has 5 heteroatoms. The van der Waals surface area contributed by atoms with Crippen LogP contribution in [-0.4, -0.2) is 21.1 Å². The van der Waals surface area contributed by atoms with E-state index in [0.29, 0.717) is 18.1 Å². The Labute approximate surface area is 80.6 Å². The monoisotopic (exact) mass is 193 g/mol. The average Bonchev–Trinajstić information content (AvgIpc) is 2.65. The number of imidazole rings is 1. The number of fused-ring (bicyclic) bond motifs is 1. The molecule has 0 amide bonds. The minimum Gasteiger partial charge on any atom is -0.482 e. The number of rotatable bonds is 2. The van der Waals surface area contributed by atoms with Gasteiger partial charge in [-0.1, -0.05) is 0 Å². The third-order valence-corrected chi connectivity index (χ3v) is 2.15. The van der Waals surface area contributed by atoms with Crippen LogP contribution in [0.5, 0.6) is 5.88 Å². The van der Waals surface area contributed by atoms with Crippen molar-refractivity contribution in [2.75, 3.05) is 7.11 Å². The minimum absolute atomic E-state index is 0.126. The minimum atomic E-state index is -0.126. The van der Waals surface area contributed by atoms with Gasteiger partial charge in [0.2, 0.25) is 5.88 Å². The Morgan fingerprint density at radius 3 is 3.00 bits per heavy atom. The quantitative estimate of drug-likeness (QED) is 0.698. The van der Waals surface area contributed by atoms with E-state index in [-0.39, 0.29) is 5.69 Å². The van der Waals surface area contributed by atoms with E-state index in [4.69, 9.17) is 4.74 Å². The van der Waals surface area contributed by atoms with Gasteiger partial charge in [0, 0.05) is 25.0 Å². The summed E-state index contributed by atoms with van der Waals surface area (Å²) in [5.74, 6) is 0.538. The molecular formula is C9H11N3O2. The zero-order valence-electron chi connectivity index (χ0n) is 8.10. The number of hydrogen-bond donors (Lipinski definition) is 0. The largest absolute Gasteiger partial charge is 0.482 e. The molecule has 2 aromatic rings. The van der Waals surface area contributed by atoms with Crippen molar-refractivity contribution in [2.45, 2.75) is 13.5 Å². The third kappa shape index (κ3) is 1.09. The van der Waals surface area contributed by atoms with Gasteiger partial charge in [0.05, 0.1) is 7.11 Å². The Morgan fingerprint density at radius 1 is 1.57 bits per heavy atom. The first-order chi connectivity index (χ1) is 6.77. The van der Waals surface area contributed by atoms with E-state index < -0.39 is 0 Å². The van der Waals surface area contributed by atoms with Crippen molar-refractivity contribution >= 4 is 5.65 Å². The molecule has 2 rings (SSSR count). The van der Waals surface area contributed by atoms with Crippen LogP contribution in [0, 0.1) is 0 Å². The van der Waals surface area contributed by atoms with Crippen LogP contribution in [0.4, 0.5) is 0 Å². The Balaban J connectivity index is 2.86. The van der Waals surface area contributed by atoms with Crippen molar-refractivity contribution in [2.24, 2.45) is 0 Å². The molecule has 0 aliphatic rings. The molecule has 0 aliphatic carbocycles. The van der Waals surface area contributed by atoms with E-state index in [1.54, 1.807) is 30.1 Å². The number of hydrogen-bond acceptors (Lipinski definition) is 3. The summed E-state index contributed by atoms with van der Waals surface area (Å²) >= 11 is 0. The van der Waals surface area contributed by atoms with Gasteiger partial charge in [-0.2, -0.15) is 0 Å². The summed E-state index contributed by atoms with van der Waals surface area (Å²) in [5.41, 5.74) is 0.482. The fraction of sp³-hybridized carbons (Fsp3) is 0.333. The van der Waals surface area contributed by atoms with Gasteiger partial charge in [0.1, 0.15) is 5.65 Å². The van der Waals surface area contributed by atoms with Crippen LogP contribution in [-0.2, 0) is 6.54 Å². The van der Waals surface area contributed by atoms with Crippen molar-refractivity contribution in [3.63, 3.8) is 0 Å². The first-order valence-corrected chi connectivity index (χ1v) is 4.38. The lowest BCUT2D eigenvalue weighted by Crippen LogP contribution is -2.26. The van der Waals surface area contributed by atoms with Gasteiger partial charge in [-0.15, -0.1) is 0 Å². The zero-order valence-corrected chi connectivity index (χ0v) is 8.10. The fourth-order valence-electron chi connectivity index (χ4n) is 1.46. The Kier molecular flexibility index (Phi) is 1.99.